The highest BCUT2D eigenvalue weighted by Crippen LogP contribution is 2.32. The van der Waals surface area contributed by atoms with Gasteiger partial charge < -0.3 is 14.5 Å². The van der Waals surface area contributed by atoms with Crippen molar-refractivity contribution in [1.82, 2.24) is 15.0 Å². The molecular weight excluding hydrogens is 302 g/mol. The van der Waals surface area contributed by atoms with Crippen molar-refractivity contribution in [1.29, 1.82) is 0 Å². The minimum Gasteiger partial charge on any atom is -0.496 e. The summed E-state index contributed by atoms with van der Waals surface area (Å²) in [7, 11) is 2.07. The van der Waals surface area contributed by atoms with Crippen molar-refractivity contribution in [3.8, 4) is 23.0 Å². The lowest BCUT2D eigenvalue weighted by molar-refractivity contribution is 0.402. The van der Waals surface area contributed by atoms with Crippen molar-refractivity contribution >= 4 is 21.8 Å². The number of methoxy groups -OCH3 is 2. The largest absolute Gasteiger partial charge is 0.496 e. The van der Waals surface area contributed by atoms with Crippen molar-refractivity contribution < 1.29 is 13.7 Å². The average Bonchev–Trinajstić information content (AvgIpc) is 2.97. The van der Waals surface area contributed by atoms with Gasteiger partial charge in [-0.1, -0.05) is 0 Å². The topological polar surface area (TPSA) is 77.1 Å². The zero-order chi connectivity index (χ0) is 15.7. The molecule has 1 N–H and O–H groups in total. The number of aromatic nitrogens is 3. The van der Waals surface area contributed by atoms with Gasteiger partial charge in [-0.15, -0.1) is 0 Å². The fourth-order valence-corrected chi connectivity index (χ4v) is 2.77. The molecule has 1 aromatic carbocycles. The maximum Gasteiger partial charge on any atom is 0.241 e. The van der Waals surface area contributed by atoms with Crippen LogP contribution in [0.2, 0.25) is 0 Å². The molecule has 3 aromatic rings. The highest BCUT2D eigenvalue weighted by Gasteiger charge is 2.14. The van der Waals surface area contributed by atoms with Crippen LogP contribution in [0.5, 0.6) is 11.6 Å². The number of nitrogens with zero attached hydrogens (tertiary/aromatic N) is 2. The van der Waals surface area contributed by atoms with Gasteiger partial charge in [-0.3, -0.25) is 4.21 Å². The van der Waals surface area contributed by atoms with Crippen LogP contribution in [-0.4, -0.2) is 39.6 Å². The van der Waals surface area contributed by atoms with Crippen LogP contribution in [0.4, 0.5) is 0 Å². The Bertz CT molecular complexity index is 860. The molecule has 0 radical (unpaired) electrons. The van der Waals surface area contributed by atoms with Crippen molar-refractivity contribution in [3.63, 3.8) is 0 Å². The van der Waals surface area contributed by atoms with E-state index in [0.29, 0.717) is 27.9 Å². The van der Waals surface area contributed by atoms with Crippen LogP contribution in [0, 0.1) is 0 Å². The number of nitrogens with one attached hydrogen (secondary N) is 1. The highest BCUT2D eigenvalue weighted by molar-refractivity contribution is 7.84. The van der Waals surface area contributed by atoms with E-state index in [1.165, 1.54) is 0 Å². The fraction of sp³-hybridized carbons (Fsp3) is 0.200. The lowest BCUT2D eigenvalue weighted by Crippen LogP contribution is -1.93. The minimum absolute atomic E-state index is 0.463. The highest BCUT2D eigenvalue weighted by atomic mass is 32.2. The molecule has 0 aliphatic heterocycles. The van der Waals surface area contributed by atoms with Gasteiger partial charge in [0.15, 0.2) is 5.52 Å². The van der Waals surface area contributed by atoms with E-state index in [0.717, 1.165) is 11.1 Å². The Labute approximate surface area is 130 Å². The van der Waals surface area contributed by atoms with Crippen molar-refractivity contribution in [2.45, 2.75) is 4.90 Å². The molecule has 22 heavy (non-hydrogen) atoms. The van der Waals surface area contributed by atoms with E-state index in [1.54, 1.807) is 38.8 Å². The summed E-state index contributed by atoms with van der Waals surface area (Å²) in [5.74, 6) is 1.72. The molecule has 3 rings (SSSR count). The monoisotopic (exact) mass is 317 g/mol. The Kier molecular flexibility index (Phi) is 3.81. The number of pyridine rings is 1. The molecule has 0 fully saturated rings. The first kappa shape index (κ1) is 14.5. The lowest BCUT2D eigenvalue weighted by atomic mass is 10.2. The van der Waals surface area contributed by atoms with E-state index in [4.69, 9.17) is 9.47 Å². The molecule has 0 aliphatic carbocycles. The lowest BCUT2D eigenvalue weighted by Gasteiger charge is -2.07. The molecule has 0 spiro atoms. The number of rotatable bonds is 4. The summed E-state index contributed by atoms with van der Waals surface area (Å²) in [6.07, 6.45) is 3.29. The number of hydrogen-bond donors (Lipinski definition) is 1. The molecule has 1 atom stereocenters. The van der Waals surface area contributed by atoms with Gasteiger partial charge in [0, 0.05) is 28.1 Å². The van der Waals surface area contributed by atoms with Crippen LogP contribution in [0.3, 0.4) is 0 Å². The first-order chi connectivity index (χ1) is 10.6. The molecule has 0 bridgehead atoms. The normalized spacial score (nSPS) is 12.3. The van der Waals surface area contributed by atoms with Crippen LogP contribution in [-0.2, 0) is 10.8 Å². The molecule has 0 aliphatic rings. The zero-order valence-electron chi connectivity index (χ0n) is 12.4. The van der Waals surface area contributed by atoms with Gasteiger partial charge in [0.25, 0.3) is 0 Å². The fourth-order valence-electron chi connectivity index (χ4n) is 2.23. The standard InChI is InChI=1S/C15H15N3O3S/c1-20-12-8-9(22(3)19)4-5-10(12)14-17-11-6-7-16-15(21-2)13(11)18-14/h4-8H,1-3H3,(H,17,18). The second-order valence-corrected chi connectivity index (χ2v) is 6.00. The molecule has 2 heterocycles. The van der Waals surface area contributed by atoms with E-state index in [2.05, 4.69) is 15.0 Å². The van der Waals surface area contributed by atoms with Crippen molar-refractivity contribution in [2.75, 3.05) is 20.5 Å². The van der Waals surface area contributed by atoms with Crippen LogP contribution >= 0.6 is 0 Å². The molecule has 0 saturated heterocycles. The van der Waals surface area contributed by atoms with Gasteiger partial charge in [-0.2, -0.15) is 0 Å². The quantitative estimate of drug-likeness (QED) is 0.799. The molecule has 7 heteroatoms. The summed E-state index contributed by atoms with van der Waals surface area (Å²) in [6, 6.07) is 7.23. The van der Waals surface area contributed by atoms with Gasteiger partial charge >= 0.3 is 0 Å². The number of H-pyrrole nitrogens is 1. The summed E-state index contributed by atoms with van der Waals surface area (Å²) in [6.45, 7) is 0. The van der Waals surface area contributed by atoms with E-state index < -0.39 is 10.8 Å². The Morgan fingerprint density at radius 2 is 2.00 bits per heavy atom. The van der Waals surface area contributed by atoms with Crippen LogP contribution < -0.4 is 9.47 Å². The second kappa shape index (κ2) is 5.76. The summed E-state index contributed by atoms with van der Waals surface area (Å²) in [5.41, 5.74) is 2.27. The maximum absolute atomic E-state index is 11.6. The molecule has 114 valence electrons. The molecular formula is C15H15N3O3S. The van der Waals surface area contributed by atoms with Gasteiger partial charge in [0.2, 0.25) is 5.88 Å². The SMILES string of the molecule is COc1cc(S(C)=O)ccc1-c1nc2c(OC)nccc2[nH]1. The first-order valence-corrected chi connectivity index (χ1v) is 8.10. The smallest absolute Gasteiger partial charge is 0.241 e. The van der Waals surface area contributed by atoms with E-state index in [-0.39, 0.29) is 0 Å². The Balaban J connectivity index is 2.17. The number of fused-ring (bicyclic) bond motifs is 1. The van der Waals surface area contributed by atoms with E-state index in [9.17, 15) is 4.21 Å². The Hall–Kier alpha value is -2.41. The molecule has 6 nitrogen and oxygen atoms in total. The molecule has 2 aromatic heterocycles. The third-order valence-corrected chi connectivity index (χ3v) is 4.24. The Morgan fingerprint density at radius 1 is 1.18 bits per heavy atom. The van der Waals surface area contributed by atoms with Crippen LogP contribution in [0.15, 0.2) is 35.4 Å². The van der Waals surface area contributed by atoms with Gasteiger partial charge in [0.05, 0.1) is 25.3 Å². The van der Waals surface area contributed by atoms with E-state index in [1.807, 2.05) is 12.1 Å². The maximum atomic E-state index is 11.6. The molecule has 0 saturated carbocycles. The summed E-state index contributed by atoms with van der Waals surface area (Å²) >= 11 is 0. The Morgan fingerprint density at radius 3 is 2.68 bits per heavy atom. The predicted molar refractivity (Wildman–Crippen MR) is 84.8 cm³/mol. The third kappa shape index (κ3) is 2.43. The third-order valence-electron chi connectivity index (χ3n) is 3.32. The average molecular weight is 317 g/mol. The predicted octanol–water partition coefficient (Wildman–Crippen LogP) is 2.38. The minimum atomic E-state index is -1.07. The van der Waals surface area contributed by atoms with E-state index >= 15 is 0 Å². The van der Waals surface area contributed by atoms with Crippen molar-refractivity contribution in [3.05, 3.63) is 30.5 Å². The van der Waals surface area contributed by atoms with Gasteiger partial charge in [-0.05, 0) is 24.3 Å². The summed E-state index contributed by atoms with van der Waals surface area (Å²) < 4.78 is 22.2. The first-order valence-electron chi connectivity index (χ1n) is 6.54. The van der Waals surface area contributed by atoms with Crippen LogP contribution in [0.1, 0.15) is 0 Å². The second-order valence-electron chi connectivity index (χ2n) is 4.62. The molecule has 0 amide bonds. The summed E-state index contributed by atoms with van der Waals surface area (Å²) in [4.78, 5) is 12.6. The number of imidazole rings is 1. The molecule has 1 unspecified atom stereocenters. The van der Waals surface area contributed by atoms with Gasteiger partial charge in [-0.25, -0.2) is 9.97 Å². The van der Waals surface area contributed by atoms with Crippen molar-refractivity contribution in [2.24, 2.45) is 0 Å². The summed E-state index contributed by atoms with van der Waals surface area (Å²) in [5, 5.41) is 0. The van der Waals surface area contributed by atoms with Gasteiger partial charge in [0.1, 0.15) is 11.6 Å². The zero-order valence-corrected chi connectivity index (χ0v) is 13.2. The number of benzene rings is 1. The number of hydrogen-bond acceptors (Lipinski definition) is 5. The number of aromatic amines is 1. The number of ether oxygens (including phenoxy) is 2. The van der Waals surface area contributed by atoms with Crippen LogP contribution in [0.25, 0.3) is 22.4 Å².